The number of nitrogens with two attached hydrogens (primary N) is 1. The van der Waals surface area contributed by atoms with Gasteiger partial charge in [-0.25, -0.2) is 9.35 Å². The Morgan fingerprint density at radius 3 is 2.82 bits per heavy atom. The van der Waals surface area contributed by atoms with Gasteiger partial charge < -0.3 is 5.11 Å². The molecule has 62 valence electrons. The third-order valence-corrected chi connectivity index (χ3v) is 1.93. The highest BCUT2D eigenvalue weighted by Gasteiger charge is 2.06. The molecule has 1 aromatic heterocycles. The first kappa shape index (κ1) is 8.38. The molecule has 1 heterocycles. The van der Waals surface area contributed by atoms with Crippen LogP contribution in [-0.2, 0) is 24.6 Å². The summed E-state index contributed by atoms with van der Waals surface area (Å²) in [6.07, 6.45) is 0. The van der Waals surface area contributed by atoms with Crippen molar-refractivity contribution in [1.82, 2.24) is 9.78 Å². The van der Waals surface area contributed by atoms with Crippen LogP contribution in [0.15, 0.2) is 11.1 Å². The van der Waals surface area contributed by atoms with Crippen molar-refractivity contribution in [2.45, 2.75) is 11.6 Å². The van der Waals surface area contributed by atoms with E-state index in [-0.39, 0.29) is 11.6 Å². The van der Waals surface area contributed by atoms with E-state index in [0.29, 0.717) is 5.69 Å². The third kappa shape index (κ3) is 1.65. The largest absolute Gasteiger partial charge is 0.390 e. The maximum atomic E-state index is 10.7. The van der Waals surface area contributed by atoms with Gasteiger partial charge in [0, 0.05) is 7.05 Å². The zero-order chi connectivity index (χ0) is 8.43. The smallest absolute Gasteiger partial charge is 0.164 e. The summed E-state index contributed by atoms with van der Waals surface area (Å²) < 4.78 is 12.1. The number of aliphatic hydroxyl groups excluding tert-OH is 1. The molecule has 0 radical (unpaired) electrons. The summed E-state index contributed by atoms with van der Waals surface area (Å²) in [6, 6.07) is 1.51. The Bertz CT molecular complexity index is 283. The van der Waals surface area contributed by atoms with Crippen LogP contribution >= 0.6 is 0 Å². The van der Waals surface area contributed by atoms with Crippen LogP contribution in [0.4, 0.5) is 0 Å². The summed E-state index contributed by atoms with van der Waals surface area (Å²) in [4.78, 5) is 0. The molecule has 11 heavy (non-hydrogen) atoms. The first-order chi connectivity index (χ1) is 5.15. The van der Waals surface area contributed by atoms with Crippen molar-refractivity contribution in [1.29, 1.82) is 0 Å². The molecule has 0 saturated heterocycles. The molecular formula is C5H9N3O2S. The fourth-order valence-corrected chi connectivity index (χ4v) is 1.18. The van der Waals surface area contributed by atoms with Crippen molar-refractivity contribution in [3.63, 3.8) is 0 Å². The normalized spacial score (nSPS) is 13.4. The second kappa shape index (κ2) is 3.12. The average molecular weight is 175 g/mol. The molecular weight excluding hydrogens is 166 g/mol. The lowest BCUT2D eigenvalue weighted by Gasteiger charge is -1.92. The van der Waals surface area contributed by atoms with Gasteiger partial charge in [0.15, 0.2) is 5.03 Å². The Morgan fingerprint density at radius 2 is 2.55 bits per heavy atom. The van der Waals surface area contributed by atoms with Crippen molar-refractivity contribution in [2.75, 3.05) is 0 Å². The Morgan fingerprint density at radius 1 is 1.91 bits per heavy atom. The maximum absolute atomic E-state index is 10.7. The summed E-state index contributed by atoms with van der Waals surface area (Å²) in [5, 5.41) is 17.9. The Labute approximate surface area is 66.4 Å². The molecule has 0 aliphatic carbocycles. The number of hydrogen-bond acceptors (Lipinski definition) is 3. The monoisotopic (exact) mass is 175 g/mol. The summed E-state index contributed by atoms with van der Waals surface area (Å²) in [5.74, 6) is 0. The second-order valence-electron chi connectivity index (χ2n) is 2.05. The molecule has 0 bridgehead atoms. The molecule has 0 aromatic carbocycles. The molecule has 1 atom stereocenters. The number of aryl methyl sites for hydroxylation is 1. The quantitative estimate of drug-likeness (QED) is 0.598. The van der Waals surface area contributed by atoms with E-state index in [0.717, 1.165) is 0 Å². The fourth-order valence-electron chi connectivity index (χ4n) is 0.723. The van der Waals surface area contributed by atoms with Gasteiger partial charge in [0.05, 0.1) is 12.3 Å². The predicted molar refractivity (Wildman–Crippen MR) is 39.7 cm³/mol. The lowest BCUT2D eigenvalue weighted by molar-refractivity contribution is 0.270. The van der Waals surface area contributed by atoms with Crippen LogP contribution in [0.1, 0.15) is 5.69 Å². The van der Waals surface area contributed by atoms with Gasteiger partial charge in [0.25, 0.3) is 0 Å². The van der Waals surface area contributed by atoms with Gasteiger partial charge in [-0.2, -0.15) is 5.10 Å². The molecule has 3 N–H and O–H groups in total. The third-order valence-electron chi connectivity index (χ3n) is 1.32. The van der Waals surface area contributed by atoms with Gasteiger partial charge in [-0.3, -0.25) is 4.68 Å². The number of aliphatic hydroxyl groups is 1. The van der Waals surface area contributed by atoms with Gasteiger partial charge >= 0.3 is 0 Å². The lowest BCUT2D eigenvalue weighted by Crippen LogP contribution is -2.04. The number of nitrogens with zero attached hydrogens (tertiary/aromatic N) is 2. The van der Waals surface area contributed by atoms with E-state index in [9.17, 15) is 4.21 Å². The summed E-state index contributed by atoms with van der Waals surface area (Å²) in [7, 11) is 0.0916. The van der Waals surface area contributed by atoms with Crippen molar-refractivity contribution >= 4 is 11.0 Å². The van der Waals surface area contributed by atoms with E-state index in [1.165, 1.54) is 10.7 Å². The van der Waals surface area contributed by atoms with E-state index < -0.39 is 11.0 Å². The van der Waals surface area contributed by atoms with Gasteiger partial charge in [0.1, 0.15) is 11.0 Å². The SMILES string of the molecule is Cn1nc(S(N)=O)cc1CO. The van der Waals surface area contributed by atoms with Crippen molar-refractivity contribution in [2.24, 2.45) is 12.2 Å². The molecule has 5 nitrogen and oxygen atoms in total. The standard InChI is InChI=1S/C5H9N3O2S/c1-8-4(3-9)2-5(7-8)11(6)10/h2,9H,3,6H2,1H3. The maximum Gasteiger partial charge on any atom is 0.164 e. The van der Waals surface area contributed by atoms with Crippen molar-refractivity contribution < 1.29 is 9.32 Å². The average Bonchev–Trinajstić information content (AvgIpc) is 2.31. The minimum Gasteiger partial charge on any atom is -0.390 e. The molecule has 0 aliphatic heterocycles. The zero-order valence-corrected chi connectivity index (χ0v) is 6.84. The molecule has 1 unspecified atom stereocenters. The highest BCUT2D eigenvalue weighted by molar-refractivity contribution is 7.82. The van der Waals surface area contributed by atoms with Gasteiger partial charge in [-0.1, -0.05) is 0 Å². The zero-order valence-electron chi connectivity index (χ0n) is 6.02. The van der Waals surface area contributed by atoms with Gasteiger partial charge in [-0.05, 0) is 6.07 Å². The number of rotatable bonds is 2. The summed E-state index contributed by atoms with van der Waals surface area (Å²) >= 11 is 0. The van der Waals surface area contributed by atoms with E-state index in [2.05, 4.69) is 5.10 Å². The summed E-state index contributed by atoms with van der Waals surface area (Å²) in [6.45, 7) is -0.124. The van der Waals surface area contributed by atoms with Crippen molar-refractivity contribution in [3.05, 3.63) is 11.8 Å². The number of hydrogen-bond donors (Lipinski definition) is 2. The highest BCUT2D eigenvalue weighted by Crippen LogP contribution is 2.04. The molecule has 0 fully saturated rings. The molecule has 0 aliphatic rings. The fraction of sp³-hybridized carbons (Fsp3) is 0.400. The molecule has 1 aromatic rings. The molecule has 0 spiro atoms. The molecule has 1 rings (SSSR count). The van der Waals surface area contributed by atoms with Crippen LogP contribution in [0.5, 0.6) is 0 Å². The topological polar surface area (TPSA) is 81.1 Å². The Kier molecular flexibility index (Phi) is 2.38. The minimum atomic E-state index is -1.56. The first-order valence-corrected chi connectivity index (χ1v) is 4.16. The predicted octanol–water partition coefficient (Wildman–Crippen LogP) is -1.11. The van der Waals surface area contributed by atoms with E-state index in [4.69, 9.17) is 10.2 Å². The Balaban J connectivity index is 3.05. The van der Waals surface area contributed by atoms with E-state index in [1.807, 2.05) is 0 Å². The molecule has 6 heteroatoms. The van der Waals surface area contributed by atoms with Crippen molar-refractivity contribution in [3.8, 4) is 0 Å². The highest BCUT2D eigenvalue weighted by atomic mass is 32.2. The van der Waals surface area contributed by atoms with Crippen LogP contribution in [0.25, 0.3) is 0 Å². The van der Waals surface area contributed by atoms with Gasteiger partial charge in [-0.15, -0.1) is 0 Å². The summed E-state index contributed by atoms with van der Waals surface area (Å²) in [5.41, 5.74) is 0.596. The van der Waals surface area contributed by atoms with Crippen LogP contribution in [0.2, 0.25) is 0 Å². The molecule has 0 saturated carbocycles. The second-order valence-corrected chi connectivity index (χ2v) is 3.07. The lowest BCUT2D eigenvalue weighted by atomic mass is 10.5. The van der Waals surface area contributed by atoms with Crippen LogP contribution in [0.3, 0.4) is 0 Å². The minimum absolute atomic E-state index is 0.124. The van der Waals surface area contributed by atoms with Gasteiger partial charge in [0.2, 0.25) is 0 Å². The van der Waals surface area contributed by atoms with Crippen LogP contribution in [0, 0.1) is 0 Å². The number of aromatic nitrogens is 2. The van der Waals surface area contributed by atoms with E-state index in [1.54, 1.807) is 7.05 Å². The van der Waals surface area contributed by atoms with Crippen LogP contribution < -0.4 is 5.14 Å². The molecule has 0 amide bonds. The first-order valence-electron chi connectivity index (χ1n) is 2.95. The van der Waals surface area contributed by atoms with Crippen LogP contribution in [-0.4, -0.2) is 19.1 Å². The Hall–Kier alpha value is -0.720. The van der Waals surface area contributed by atoms with E-state index >= 15 is 0 Å².